The highest BCUT2D eigenvalue weighted by atomic mass is 79.9. The van der Waals surface area contributed by atoms with Crippen LogP contribution in [0.25, 0.3) is 22.1 Å². The van der Waals surface area contributed by atoms with Gasteiger partial charge in [0.2, 0.25) is 5.58 Å². The summed E-state index contributed by atoms with van der Waals surface area (Å²) in [7, 11) is 0. The zero-order valence-corrected chi connectivity index (χ0v) is 23.7. The summed E-state index contributed by atoms with van der Waals surface area (Å²) in [5.74, 6) is 0.179. The molecule has 0 aliphatic rings. The molecule has 0 saturated heterocycles. The van der Waals surface area contributed by atoms with Gasteiger partial charge >= 0.3 is 0 Å². The molecule has 39 heavy (non-hydrogen) atoms. The zero-order chi connectivity index (χ0) is 27.7. The fourth-order valence-electron chi connectivity index (χ4n) is 4.92. The van der Waals surface area contributed by atoms with Crippen molar-refractivity contribution in [1.29, 1.82) is 0 Å². The van der Waals surface area contributed by atoms with Crippen molar-refractivity contribution < 1.29 is 9.21 Å². The Bertz CT molecular complexity index is 1690. The Hall–Kier alpha value is -3.82. The molecule has 3 aromatic heterocycles. The number of nitrogens with two attached hydrogens (primary N) is 1. The molecular weight excluding hydrogens is 558 g/mol. The number of benzene rings is 2. The molecule has 5 aromatic rings. The van der Waals surface area contributed by atoms with Gasteiger partial charge in [-0.25, -0.2) is 4.98 Å². The van der Waals surface area contributed by atoms with E-state index in [1.807, 2.05) is 75.4 Å². The third kappa shape index (κ3) is 5.24. The number of fused-ring (bicyclic) bond motifs is 3. The number of halogens is 1. The van der Waals surface area contributed by atoms with E-state index in [2.05, 4.69) is 20.9 Å². The summed E-state index contributed by atoms with van der Waals surface area (Å²) in [5, 5.41) is 0.728. The molecule has 3 heterocycles. The standard InChI is InChI=1S/C30H30BrN5O3/c1-18(2)26(35(14-13-32)29(37)21-10-9-19(3)33-16-21)28-34-25-23-15-22(31)11-12-24(23)39-27(25)30(38)36(28)17-20-7-5-4-6-8-20/h4-12,15-16,18,26H,13-14,17,32H2,1-3H3. The van der Waals surface area contributed by atoms with Gasteiger partial charge in [-0.15, -0.1) is 0 Å². The molecule has 5 rings (SSSR count). The summed E-state index contributed by atoms with van der Waals surface area (Å²) in [6, 6.07) is 18.3. The fourth-order valence-corrected chi connectivity index (χ4v) is 5.28. The average Bonchev–Trinajstić information content (AvgIpc) is 3.29. The van der Waals surface area contributed by atoms with E-state index in [-0.39, 0.29) is 42.6 Å². The van der Waals surface area contributed by atoms with Crippen LogP contribution in [0.3, 0.4) is 0 Å². The minimum Gasteiger partial charge on any atom is -0.448 e. The zero-order valence-electron chi connectivity index (χ0n) is 22.1. The van der Waals surface area contributed by atoms with Crippen molar-refractivity contribution in [2.24, 2.45) is 11.7 Å². The first-order valence-corrected chi connectivity index (χ1v) is 13.7. The Balaban J connectivity index is 1.76. The molecule has 0 radical (unpaired) electrons. The first-order valence-electron chi connectivity index (χ1n) is 12.9. The molecular formula is C30H30BrN5O3. The monoisotopic (exact) mass is 587 g/mol. The maximum absolute atomic E-state index is 14.1. The van der Waals surface area contributed by atoms with E-state index in [0.29, 0.717) is 22.5 Å². The van der Waals surface area contributed by atoms with Crippen molar-refractivity contribution in [3.05, 3.63) is 104 Å². The topological polar surface area (TPSA) is 107 Å². The predicted octanol–water partition coefficient (Wildman–Crippen LogP) is 5.46. The lowest BCUT2D eigenvalue weighted by Gasteiger charge is -2.35. The Kier molecular flexibility index (Phi) is 7.63. The van der Waals surface area contributed by atoms with Gasteiger partial charge in [0.15, 0.2) is 0 Å². The van der Waals surface area contributed by atoms with Crippen LogP contribution in [0.2, 0.25) is 0 Å². The normalized spacial score (nSPS) is 12.4. The minimum atomic E-state index is -0.541. The minimum absolute atomic E-state index is 0.0878. The molecule has 0 fully saturated rings. The van der Waals surface area contributed by atoms with Gasteiger partial charge in [0.1, 0.15) is 16.9 Å². The van der Waals surface area contributed by atoms with Crippen molar-refractivity contribution >= 4 is 43.9 Å². The largest absolute Gasteiger partial charge is 0.448 e. The molecule has 0 aliphatic heterocycles. The van der Waals surface area contributed by atoms with Crippen molar-refractivity contribution in [3.8, 4) is 0 Å². The lowest BCUT2D eigenvalue weighted by atomic mass is 9.99. The summed E-state index contributed by atoms with van der Waals surface area (Å²) in [6.45, 7) is 6.72. The summed E-state index contributed by atoms with van der Waals surface area (Å²) in [5.41, 5.74) is 9.16. The molecule has 2 aromatic carbocycles. The lowest BCUT2D eigenvalue weighted by Crippen LogP contribution is -2.43. The van der Waals surface area contributed by atoms with Crippen molar-refractivity contribution in [2.75, 3.05) is 13.1 Å². The number of carbonyl (C=O) groups excluding carboxylic acids is 1. The number of nitrogens with zero attached hydrogens (tertiary/aromatic N) is 4. The van der Waals surface area contributed by atoms with Crippen molar-refractivity contribution in [3.63, 3.8) is 0 Å². The number of hydrogen-bond donors (Lipinski definition) is 1. The second kappa shape index (κ2) is 11.1. The average molecular weight is 589 g/mol. The summed E-state index contributed by atoms with van der Waals surface area (Å²) in [4.78, 5) is 39.1. The highest BCUT2D eigenvalue weighted by Gasteiger charge is 2.33. The quantitative estimate of drug-likeness (QED) is 0.258. The number of rotatable bonds is 8. The number of amides is 1. The van der Waals surface area contributed by atoms with Crippen LogP contribution < -0.4 is 11.3 Å². The molecule has 0 bridgehead atoms. The molecule has 1 unspecified atom stereocenters. The first-order chi connectivity index (χ1) is 18.8. The summed E-state index contributed by atoms with van der Waals surface area (Å²) < 4.78 is 8.50. The van der Waals surface area contributed by atoms with E-state index < -0.39 is 6.04 Å². The lowest BCUT2D eigenvalue weighted by molar-refractivity contribution is 0.0612. The highest BCUT2D eigenvalue weighted by Crippen LogP contribution is 2.33. The van der Waals surface area contributed by atoms with Gasteiger partial charge in [-0.05, 0) is 48.7 Å². The van der Waals surface area contributed by atoms with Crippen LogP contribution in [0, 0.1) is 12.8 Å². The van der Waals surface area contributed by atoms with Gasteiger partial charge in [0, 0.05) is 34.8 Å². The van der Waals surface area contributed by atoms with Gasteiger partial charge in [-0.2, -0.15) is 0 Å². The van der Waals surface area contributed by atoms with Gasteiger partial charge in [0.25, 0.3) is 11.5 Å². The summed E-state index contributed by atoms with van der Waals surface area (Å²) in [6.07, 6.45) is 1.58. The third-order valence-electron chi connectivity index (χ3n) is 6.77. The predicted molar refractivity (Wildman–Crippen MR) is 156 cm³/mol. The SMILES string of the molecule is Cc1ccc(C(=O)N(CCN)C(c2nc3c(oc4ccc(Br)cc43)c(=O)n2Cc2ccccc2)C(C)C)cn1. The third-order valence-corrected chi connectivity index (χ3v) is 7.26. The van der Waals surface area contributed by atoms with E-state index in [9.17, 15) is 9.59 Å². The van der Waals surface area contributed by atoms with Gasteiger partial charge in [0.05, 0.1) is 18.2 Å². The van der Waals surface area contributed by atoms with Crippen LogP contribution in [0.4, 0.5) is 0 Å². The van der Waals surface area contributed by atoms with Gasteiger partial charge < -0.3 is 15.1 Å². The second-order valence-corrected chi connectivity index (χ2v) is 10.8. The first kappa shape index (κ1) is 26.8. The van der Waals surface area contributed by atoms with Gasteiger partial charge in [-0.1, -0.05) is 60.1 Å². The molecule has 1 amide bonds. The maximum atomic E-state index is 14.1. The van der Waals surface area contributed by atoms with Crippen LogP contribution >= 0.6 is 15.9 Å². The summed E-state index contributed by atoms with van der Waals surface area (Å²) >= 11 is 3.52. The Morgan fingerprint density at radius 3 is 2.56 bits per heavy atom. The molecule has 9 heteroatoms. The van der Waals surface area contributed by atoms with E-state index in [1.165, 1.54) is 0 Å². The van der Waals surface area contributed by atoms with Crippen molar-refractivity contribution in [1.82, 2.24) is 19.4 Å². The molecule has 200 valence electrons. The number of furan rings is 1. The Morgan fingerprint density at radius 1 is 1.13 bits per heavy atom. The molecule has 2 N–H and O–H groups in total. The molecule has 0 spiro atoms. The number of carbonyl (C=O) groups is 1. The van der Waals surface area contributed by atoms with Crippen LogP contribution in [0.1, 0.15) is 47.3 Å². The van der Waals surface area contributed by atoms with Crippen LogP contribution in [-0.4, -0.2) is 38.4 Å². The Morgan fingerprint density at radius 2 is 1.90 bits per heavy atom. The molecule has 0 aliphatic carbocycles. The number of aromatic nitrogens is 3. The second-order valence-electron chi connectivity index (χ2n) is 9.93. The fraction of sp³-hybridized carbons (Fsp3) is 0.267. The number of hydrogen-bond acceptors (Lipinski definition) is 6. The smallest absolute Gasteiger partial charge is 0.297 e. The highest BCUT2D eigenvalue weighted by molar-refractivity contribution is 9.10. The molecule has 1 atom stereocenters. The van der Waals surface area contributed by atoms with Crippen LogP contribution in [0.15, 0.2) is 80.5 Å². The van der Waals surface area contributed by atoms with E-state index in [4.69, 9.17) is 15.1 Å². The van der Waals surface area contributed by atoms with E-state index in [1.54, 1.807) is 21.7 Å². The molecule has 8 nitrogen and oxygen atoms in total. The number of pyridine rings is 1. The maximum Gasteiger partial charge on any atom is 0.297 e. The number of aryl methyl sites for hydroxylation is 1. The van der Waals surface area contributed by atoms with Crippen LogP contribution in [0.5, 0.6) is 0 Å². The molecule has 0 saturated carbocycles. The Labute approximate surface area is 234 Å². The van der Waals surface area contributed by atoms with E-state index >= 15 is 0 Å². The van der Waals surface area contributed by atoms with Gasteiger partial charge in [-0.3, -0.25) is 19.1 Å². The van der Waals surface area contributed by atoms with Crippen molar-refractivity contribution in [2.45, 2.75) is 33.4 Å². The van der Waals surface area contributed by atoms with Crippen LogP contribution in [-0.2, 0) is 6.54 Å². The van der Waals surface area contributed by atoms with E-state index in [0.717, 1.165) is 21.1 Å².